The second-order valence-electron chi connectivity index (χ2n) is 5.97. The van der Waals surface area contributed by atoms with E-state index in [0.29, 0.717) is 12.1 Å². The van der Waals surface area contributed by atoms with Crippen molar-refractivity contribution >= 4 is 40.1 Å². The number of rotatable bonds is 6. The monoisotopic (exact) mass is 450 g/mol. The van der Waals surface area contributed by atoms with Crippen LogP contribution in [-0.4, -0.2) is 29.3 Å². The van der Waals surface area contributed by atoms with Crippen LogP contribution in [0.4, 0.5) is 5.69 Å². The van der Waals surface area contributed by atoms with E-state index in [-0.39, 0.29) is 11.8 Å². The van der Waals surface area contributed by atoms with Gasteiger partial charge in [0.1, 0.15) is 6.04 Å². The van der Waals surface area contributed by atoms with E-state index in [9.17, 15) is 9.59 Å². The number of amides is 2. The standard InChI is InChI=1S/C20H23IN2O2/c1-4-13-23(20(25)17-12-8-9-14(2)18(17)21)15(3)19(24)22-16-10-6-5-7-11-16/h5-12,15H,4,13H2,1-3H3,(H,22,24). The lowest BCUT2D eigenvalue weighted by Crippen LogP contribution is -2.46. The lowest BCUT2D eigenvalue weighted by atomic mass is 10.1. The molecule has 2 aromatic carbocycles. The third-order valence-electron chi connectivity index (χ3n) is 4.04. The maximum atomic E-state index is 13.0. The summed E-state index contributed by atoms with van der Waals surface area (Å²) >= 11 is 2.19. The second kappa shape index (κ2) is 8.99. The molecule has 2 aromatic rings. The molecule has 2 rings (SSSR count). The molecule has 0 aliphatic rings. The lowest BCUT2D eigenvalue weighted by molar-refractivity contribution is -0.120. The Labute approximate surface area is 162 Å². The summed E-state index contributed by atoms with van der Waals surface area (Å²) in [4.78, 5) is 27.3. The van der Waals surface area contributed by atoms with Gasteiger partial charge in [-0.05, 0) is 66.6 Å². The number of benzene rings is 2. The van der Waals surface area contributed by atoms with Crippen molar-refractivity contribution in [2.75, 3.05) is 11.9 Å². The Kier molecular flexibility index (Phi) is 6.99. The van der Waals surface area contributed by atoms with E-state index in [4.69, 9.17) is 0 Å². The van der Waals surface area contributed by atoms with Gasteiger partial charge in [0, 0.05) is 15.8 Å². The lowest BCUT2D eigenvalue weighted by Gasteiger charge is -2.28. The predicted octanol–water partition coefficient (Wildman–Crippen LogP) is 4.48. The van der Waals surface area contributed by atoms with Gasteiger partial charge in [0.25, 0.3) is 5.91 Å². The molecule has 0 aliphatic carbocycles. The smallest absolute Gasteiger partial charge is 0.255 e. The van der Waals surface area contributed by atoms with E-state index in [1.54, 1.807) is 11.8 Å². The van der Waals surface area contributed by atoms with Crippen LogP contribution in [0.25, 0.3) is 0 Å². The van der Waals surface area contributed by atoms with Crippen LogP contribution in [-0.2, 0) is 4.79 Å². The molecule has 5 heteroatoms. The number of nitrogens with zero attached hydrogens (tertiary/aromatic N) is 1. The van der Waals surface area contributed by atoms with Crippen LogP contribution in [0.15, 0.2) is 48.5 Å². The van der Waals surface area contributed by atoms with Gasteiger partial charge in [-0.15, -0.1) is 0 Å². The van der Waals surface area contributed by atoms with E-state index in [0.717, 1.165) is 21.2 Å². The van der Waals surface area contributed by atoms with Crippen molar-refractivity contribution < 1.29 is 9.59 Å². The number of anilines is 1. The summed E-state index contributed by atoms with van der Waals surface area (Å²) in [6.45, 7) is 6.29. The number of carbonyl (C=O) groups is 2. The molecule has 1 atom stereocenters. The van der Waals surface area contributed by atoms with Crippen molar-refractivity contribution in [1.29, 1.82) is 0 Å². The van der Waals surface area contributed by atoms with Gasteiger partial charge in [-0.1, -0.05) is 37.3 Å². The molecule has 4 nitrogen and oxygen atoms in total. The van der Waals surface area contributed by atoms with Crippen LogP contribution in [0.5, 0.6) is 0 Å². The van der Waals surface area contributed by atoms with Gasteiger partial charge in [0.2, 0.25) is 5.91 Å². The van der Waals surface area contributed by atoms with Crippen LogP contribution in [0, 0.1) is 10.5 Å². The van der Waals surface area contributed by atoms with Gasteiger partial charge in [-0.3, -0.25) is 9.59 Å². The minimum atomic E-state index is -0.552. The number of carbonyl (C=O) groups excluding carboxylic acids is 2. The molecule has 0 saturated carbocycles. The number of aryl methyl sites for hydroxylation is 1. The van der Waals surface area contributed by atoms with E-state index < -0.39 is 6.04 Å². The Bertz CT molecular complexity index is 747. The Morgan fingerprint density at radius 3 is 2.44 bits per heavy atom. The molecule has 0 saturated heterocycles. The quantitative estimate of drug-likeness (QED) is 0.660. The molecular weight excluding hydrogens is 427 g/mol. The van der Waals surface area contributed by atoms with Crippen molar-refractivity contribution in [3.05, 3.63) is 63.2 Å². The predicted molar refractivity (Wildman–Crippen MR) is 110 cm³/mol. The first-order chi connectivity index (χ1) is 12.0. The molecule has 132 valence electrons. The zero-order valence-electron chi connectivity index (χ0n) is 14.8. The van der Waals surface area contributed by atoms with Crippen LogP contribution in [0.3, 0.4) is 0 Å². The molecule has 0 aromatic heterocycles. The van der Waals surface area contributed by atoms with Gasteiger partial charge in [0.15, 0.2) is 0 Å². The first-order valence-corrected chi connectivity index (χ1v) is 9.45. The fraction of sp³-hybridized carbons (Fsp3) is 0.300. The van der Waals surface area contributed by atoms with Crippen LogP contribution in [0.2, 0.25) is 0 Å². The Balaban J connectivity index is 2.22. The minimum Gasteiger partial charge on any atom is -0.327 e. The first kappa shape index (κ1) is 19.4. The normalized spacial score (nSPS) is 11.7. The summed E-state index contributed by atoms with van der Waals surface area (Å²) in [7, 11) is 0. The topological polar surface area (TPSA) is 49.4 Å². The minimum absolute atomic E-state index is 0.106. The van der Waals surface area contributed by atoms with E-state index >= 15 is 0 Å². The highest BCUT2D eigenvalue weighted by Crippen LogP contribution is 2.20. The average molecular weight is 450 g/mol. The van der Waals surface area contributed by atoms with Crippen molar-refractivity contribution in [2.24, 2.45) is 0 Å². The number of para-hydroxylation sites is 1. The third-order valence-corrected chi connectivity index (χ3v) is 5.47. The van der Waals surface area contributed by atoms with Crippen LogP contribution < -0.4 is 5.32 Å². The van der Waals surface area contributed by atoms with E-state index in [1.165, 1.54) is 0 Å². The van der Waals surface area contributed by atoms with Gasteiger partial charge in [-0.25, -0.2) is 0 Å². The molecule has 25 heavy (non-hydrogen) atoms. The summed E-state index contributed by atoms with van der Waals surface area (Å²) in [6, 6.07) is 14.4. The Hall–Kier alpha value is -1.89. The Morgan fingerprint density at radius 1 is 1.12 bits per heavy atom. The fourth-order valence-corrected chi connectivity index (χ4v) is 3.18. The van der Waals surface area contributed by atoms with Gasteiger partial charge < -0.3 is 10.2 Å². The average Bonchev–Trinajstić information content (AvgIpc) is 2.61. The number of hydrogen-bond donors (Lipinski definition) is 1. The fourth-order valence-electron chi connectivity index (χ4n) is 2.59. The van der Waals surface area contributed by atoms with Crippen molar-refractivity contribution in [1.82, 2.24) is 4.90 Å². The van der Waals surface area contributed by atoms with Gasteiger partial charge >= 0.3 is 0 Å². The molecule has 0 heterocycles. The Morgan fingerprint density at radius 2 is 1.80 bits per heavy atom. The molecule has 0 radical (unpaired) electrons. The highest BCUT2D eigenvalue weighted by atomic mass is 127. The highest BCUT2D eigenvalue weighted by molar-refractivity contribution is 14.1. The molecule has 0 aliphatic heterocycles. The third kappa shape index (κ3) is 4.81. The maximum Gasteiger partial charge on any atom is 0.255 e. The molecular formula is C20H23IN2O2. The molecule has 1 N–H and O–H groups in total. The molecule has 0 fully saturated rings. The summed E-state index contributed by atoms with van der Waals surface area (Å²) in [5.74, 6) is -0.290. The summed E-state index contributed by atoms with van der Waals surface area (Å²) in [6.07, 6.45) is 0.789. The summed E-state index contributed by atoms with van der Waals surface area (Å²) in [5, 5.41) is 2.88. The van der Waals surface area contributed by atoms with Crippen molar-refractivity contribution in [2.45, 2.75) is 33.2 Å². The van der Waals surface area contributed by atoms with Crippen molar-refractivity contribution in [3.8, 4) is 0 Å². The highest BCUT2D eigenvalue weighted by Gasteiger charge is 2.27. The van der Waals surface area contributed by atoms with E-state index in [1.807, 2.05) is 62.4 Å². The maximum absolute atomic E-state index is 13.0. The van der Waals surface area contributed by atoms with E-state index in [2.05, 4.69) is 27.9 Å². The SMILES string of the molecule is CCCN(C(=O)c1cccc(C)c1I)C(C)C(=O)Nc1ccccc1. The molecule has 0 bridgehead atoms. The largest absolute Gasteiger partial charge is 0.327 e. The number of nitrogens with one attached hydrogen (secondary N) is 1. The summed E-state index contributed by atoms with van der Waals surface area (Å²) in [5.41, 5.74) is 2.44. The zero-order chi connectivity index (χ0) is 18.4. The summed E-state index contributed by atoms with van der Waals surface area (Å²) < 4.78 is 0.932. The number of hydrogen-bond acceptors (Lipinski definition) is 2. The van der Waals surface area contributed by atoms with Gasteiger partial charge in [0.05, 0.1) is 5.56 Å². The van der Waals surface area contributed by atoms with Crippen LogP contribution >= 0.6 is 22.6 Å². The second-order valence-corrected chi connectivity index (χ2v) is 7.04. The molecule has 1 unspecified atom stereocenters. The molecule has 0 spiro atoms. The zero-order valence-corrected chi connectivity index (χ0v) is 16.9. The first-order valence-electron chi connectivity index (χ1n) is 8.37. The van der Waals surface area contributed by atoms with Crippen molar-refractivity contribution in [3.63, 3.8) is 0 Å². The van der Waals surface area contributed by atoms with Crippen LogP contribution in [0.1, 0.15) is 36.2 Å². The molecule has 2 amide bonds. The number of halogens is 1. The van der Waals surface area contributed by atoms with Gasteiger partial charge in [-0.2, -0.15) is 0 Å².